The molecule has 0 saturated heterocycles. The van der Waals surface area contributed by atoms with Gasteiger partial charge < -0.3 is 5.11 Å². The normalized spacial score (nSPS) is 12.3. The lowest BCUT2D eigenvalue weighted by Crippen LogP contribution is -2.46. The summed E-state index contributed by atoms with van der Waals surface area (Å²) in [6.07, 6.45) is 0. The van der Waals surface area contributed by atoms with Crippen LogP contribution in [0.4, 0.5) is 14.9 Å². The van der Waals surface area contributed by atoms with Crippen LogP contribution >= 0.6 is 0 Å². The molecular formula is C22H29FN2O4S. The van der Waals surface area contributed by atoms with Crippen molar-refractivity contribution in [2.24, 2.45) is 0 Å². The molecule has 0 fully saturated rings. The van der Waals surface area contributed by atoms with Gasteiger partial charge in [-0.3, -0.25) is 4.90 Å². The summed E-state index contributed by atoms with van der Waals surface area (Å²) in [6, 6.07) is 8.48. The van der Waals surface area contributed by atoms with Crippen molar-refractivity contribution < 1.29 is 22.7 Å². The van der Waals surface area contributed by atoms with Crippen LogP contribution < -0.4 is 9.62 Å². The topological polar surface area (TPSA) is 86.7 Å². The average Bonchev–Trinajstić information content (AvgIpc) is 2.60. The Morgan fingerprint density at radius 2 is 1.63 bits per heavy atom. The molecule has 2 amide bonds. The average molecular weight is 437 g/mol. The number of nitrogens with one attached hydrogen (secondary N) is 1. The minimum atomic E-state index is -4.17. The molecule has 2 aromatic carbocycles. The quantitative estimate of drug-likeness (QED) is 0.699. The zero-order chi connectivity index (χ0) is 22.9. The molecule has 30 heavy (non-hydrogen) atoms. The molecule has 0 radical (unpaired) electrons. The summed E-state index contributed by atoms with van der Waals surface area (Å²) in [5, 5.41) is 10.0. The van der Waals surface area contributed by atoms with E-state index < -0.39 is 33.5 Å². The summed E-state index contributed by atoms with van der Waals surface area (Å²) in [5.41, 5.74) is 0.472. The Kier molecular flexibility index (Phi) is 6.94. The zero-order valence-electron chi connectivity index (χ0n) is 18.1. The molecule has 0 aliphatic rings. The second-order valence-electron chi connectivity index (χ2n) is 8.32. The number of halogens is 1. The van der Waals surface area contributed by atoms with Crippen molar-refractivity contribution in [1.82, 2.24) is 4.72 Å². The fraction of sp³-hybridized carbons (Fsp3) is 0.409. The Morgan fingerprint density at radius 1 is 1.07 bits per heavy atom. The molecule has 2 rings (SSSR count). The maximum absolute atomic E-state index is 13.9. The summed E-state index contributed by atoms with van der Waals surface area (Å²) in [6.45, 7) is 10.4. The number of aliphatic hydroxyl groups is 1. The standard InChI is InChI=1S/C22H29FN2O4S/c1-14(2)19-12-9-17(23)13-20(19)25(15(3)4)21(26)24-30(28,29)18-10-7-16(8-11-18)22(5,6)27/h7-15,27H,1-6H3,(H,24,26). The summed E-state index contributed by atoms with van der Waals surface area (Å²) in [7, 11) is -4.17. The van der Waals surface area contributed by atoms with Gasteiger partial charge in [0.15, 0.2) is 0 Å². The van der Waals surface area contributed by atoms with E-state index >= 15 is 0 Å². The highest BCUT2D eigenvalue weighted by atomic mass is 32.2. The largest absolute Gasteiger partial charge is 0.386 e. The SMILES string of the molecule is CC(C)c1ccc(F)cc1N(C(=O)NS(=O)(=O)c1ccc(C(C)(C)O)cc1)C(C)C. The predicted octanol–water partition coefficient (Wildman–Crippen LogP) is 4.49. The number of carbonyl (C=O) groups is 1. The van der Waals surface area contributed by atoms with Gasteiger partial charge in [-0.25, -0.2) is 22.3 Å². The molecule has 164 valence electrons. The fourth-order valence-corrected chi connectivity index (χ4v) is 4.04. The van der Waals surface area contributed by atoms with Crippen LogP contribution in [0.3, 0.4) is 0 Å². The van der Waals surface area contributed by atoms with E-state index in [0.29, 0.717) is 11.3 Å². The first kappa shape index (κ1) is 23.8. The molecule has 0 bridgehead atoms. The van der Waals surface area contributed by atoms with Gasteiger partial charge in [-0.2, -0.15) is 0 Å². The van der Waals surface area contributed by atoms with E-state index in [1.807, 2.05) is 13.8 Å². The van der Waals surface area contributed by atoms with Crippen molar-refractivity contribution in [3.63, 3.8) is 0 Å². The first-order chi connectivity index (χ1) is 13.7. The Hall–Kier alpha value is -2.45. The molecule has 0 aliphatic carbocycles. The van der Waals surface area contributed by atoms with Gasteiger partial charge in [-0.1, -0.05) is 32.0 Å². The van der Waals surface area contributed by atoms with E-state index in [0.717, 1.165) is 5.56 Å². The number of hydrogen-bond donors (Lipinski definition) is 2. The number of anilines is 1. The van der Waals surface area contributed by atoms with E-state index in [1.54, 1.807) is 33.8 Å². The van der Waals surface area contributed by atoms with Crippen LogP contribution in [-0.4, -0.2) is 25.6 Å². The zero-order valence-corrected chi connectivity index (χ0v) is 18.9. The van der Waals surface area contributed by atoms with Crippen molar-refractivity contribution in [3.05, 3.63) is 59.4 Å². The third-order valence-corrected chi connectivity index (χ3v) is 6.04. The highest BCUT2D eigenvalue weighted by Crippen LogP contribution is 2.30. The Bertz CT molecular complexity index is 1010. The number of nitrogens with zero attached hydrogens (tertiary/aromatic N) is 1. The van der Waals surface area contributed by atoms with Crippen LogP contribution in [-0.2, 0) is 15.6 Å². The molecule has 0 saturated carbocycles. The third kappa shape index (κ3) is 5.37. The molecule has 0 aromatic heterocycles. The lowest BCUT2D eigenvalue weighted by molar-refractivity contribution is 0.0785. The van der Waals surface area contributed by atoms with E-state index in [9.17, 15) is 22.7 Å². The highest BCUT2D eigenvalue weighted by Gasteiger charge is 2.28. The monoisotopic (exact) mass is 436 g/mol. The van der Waals surface area contributed by atoms with Gasteiger partial charge in [-0.05, 0) is 69.0 Å². The third-order valence-electron chi connectivity index (χ3n) is 4.70. The molecule has 6 nitrogen and oxygen atoms in total. The van der Waals surface area contributed by atoms with Gasteiger partial charge >= 0.3 is 6.03 Å². The van der Waals surface area contributed by atoms with Crippen LogP contribution in [0, 0.1) is 5.82 Å². The summed E-state index contributed by atoms with van der Waals surface area (Å²) >= 11 is 0. The van der Waals surface area contributed by atoms with Crippen molar-refractivity contribution in [3.8, 4) is 0 Å². The molecule has 0 heterocycles. The molecule has 0 atom stereocenters. The van der Waals surface area contributed by atoms with Crippen molar-refractivity contribution in [1.29, 1.82) is 0 Å². The molecule has 0 spiro atoms. The Labute approximate surface area is 177 Å². The van der Waals surface area contributed by atoms with Crippen LogP contribution in [0.25, 0.3) is 0 Å². The fourth-order valence-electron chi connectivity index (χ4n) is 3.10. The second-order valence-corrected chi connectivity index (χ2v) is 10.00. The predicted molar refractivity (Wildman–Crippen MR) is 116 cm³/mol. The number of amides is 2. The van der Waals surface area contributed by atoms with Crippen LogP contribution in [0.5, 0.6) is 0 Å². The van der Waals surface area contributed by atoms with Gasteiger partial charge in [0.25, 0.3) is 10.0 Å². The summed E-state index contributed by atoms with van der Waals surface area (Å²) < 4.78 is 41.5. The Balaban J connectivity index is 2.39. The maximum Gasteiger partial charge on any atom is 0.336 e. The molecule has 8 heteroatoms. The van der Waals surface area contributed by atoms with E-state index in [-0.39, 0.29) is 10.8 Å². The first-order valence-corrected chi connectivity index (χ1v) is 11.2. The van der Waals surface area contributed by atoms with Gasteiger partial charge in [-0.15, -0.1) is 0 Å². The number of urea groups is 1. The number of rotatable bonds is 6. The number of benzene rings is 2. The van der Waals surface area contributed by atoms with Crippen LogP contribution in [0.2, 0.25) is 0 Å². The van der Waals surface area contributed by atoms with Crippen molar-refractivity contribution in [2.75, 3.05) is 4.90 Å². The molecular weight excluding hydrogens is 407 g/mol. The highest BCUT2D eigenvalue weighted by molar-refractivity contribution is 7.90. The van der Waals surface area contributed by atoms with E-state index in [1.165, 1.54) is 41.3 Å². The minimum Gasteiger partial charge on any atom is -0.386 e. The van der Waals surface area contributed by atoms with Crippen LogP contribution in [0.15, 0.2) is 47.4 Å². The van der Waals surface area contributed by atoms with E-state index in [4.69, 9.17) is 0 Å². The summed E-state index contributed by atoms with van der Waals surface area (Å²) in [4.78, 5) is 14.1. The smallest absolute Gasteiger partial charge is 0.336 e. The molecule has 2 aromatic rings. The molecule has 0 unspecified atom stereocenters. The number of hydrogen-bond acceptors (Lipinski definition) is 4. The maximum atomic E-state index is 13.9. The van der Waals surface area contributed by atoms with Crippen molar-refractivity contribution in [2.45, 2.75) is 64.0 Å². The van der Waals surface area contributed by atoms with Gasteiger partial charge in [0.2, 0.25) is 0 Å². The lowest BCUT2D eigenvalue weighted by atomic mass is 9.99. The first-order valence-electron chi connectivity index (χ1n) is 9.72. The minimum absolute atomic E-state index is 0.000590. The number of sulfonamides is 1. The lowest BCUT2D eigenvalue weighted by Gasteiger charge is -2.30. The molecule has 0 aliphatic heterocycles. The van der Waals surface area contributed by atoms with Gasteiger partial charge in [0, 0.05) is 6.04 Å². The van der Waals surface area contributed by atoms with E-state index in [2.05, 4.69) is 4.72 Å². The van der Waals surface area contributed by atoms with Crippen LogP contribution in [0.1, 0.15) is 58.6 Å². The summed E-state index contributed by atoms with van der Waals surface area (Å²) in [5.74, 6) is -0.515. The van der Waals surface area contributed by atoms with Gasteiger partial charge in [0.05, 0.1) is 16.2 Å². The van der Waals surface area contributed by atoms with Gasteiger partial charge in [0.1, 0.15) is 5.82 Å². The second kappa shape index (κ2) is 8.73. The Morgan fingerprint density at radius 3 is 2.10 bits per heavy atom. The number of carbonyl (C=O) groups excluding carboxylic acids is 1. The van der Waals surface area contributed by atoms with Crippen molar-refractivity contribution >= 4 is 21.7 Å². The molecule has 2 N–H and O–H groups in total.